The number of nitrogens with zero attached hydrogens (tertiary/aromatic N) is 2. The van der Waals surface area contributed by atoms with Crippen LogP contribution in [0.4, 0.5) is 0 Å². The monoisotopic (exact) mass is 264 g/mol. The van der Waals surface area contributed by atoms with Crippen molar-refractivity contribution < 1.29 is 8.42 Å². The van der Waals surface area contributed by atoms with Crippen LogP contribution in [0.3, 0.4) is 0 Å². The fourth-order valence-electron chi connectivity index (χ4n) is 1.75. The van der Waals surface area contributed by atoms with E-state index >= 15 is 0 Å². The molecule has 0 bridgehead atoms. The molecule has 2 aromatic rings. The third-order valence-corrected chi connectivity index (χ3v) is 4.26. The Kier molecular flexibility index (Phi) is 3.52. The number of aryl methyl sites for hydroxylation is 2. The van der Waals surface area contributed by atoms with Crippen molar-refractivity contribution in [2.45, 2.75) is 31.6 Å². The normalized spacial score (nSPS) is 11.7. The van der Waals surface area contributed by atoms with Crippen LogP contribution in [0.2, 0.25) is 0 Å². The molecule has 1 aromatic heterocycles. The molecule has 18 heavy (non-hydrogen) atoms. The number of aromatic nitrogens is 2. The minimum Gasteiger partial charge on any atom is -0.199 e. The van der Waals surface area contributed by atoms with Crippen molar-refractivity contribution in [1.29, 1.82) is 0 Å². The number of hydrogen-bond donors (Lipinski definition) is 0. The van der Waals surface area contributed by atoms with Crippen LogP contribution < -0.4 is 0 Å². The third-order valence-electron chi connectivity index (χ3n) is 2.70. The van der Waals surface area contributed by atoms with Crippen molar-refractivity contribution in [3.63, 3.8) is 0 Å². The first-order chi connectivity index (χ1) is 8.54. The topological polar surface area (TPSA) is 52.0 Å². The summed E-state index contributed by atoms with van der Waals surface area (Å²) in [6, 6.07) is 6.98. The minimum atomic E-state index is -3.54. The molecule has 2 rings (SSSR count). The molecule has 0 N–H and O–H groups in total. The SMILES string of the molecule is CCCc1ccc(S(=O)(=O)n2cc(C)cn2)cc1. The van der Waals surface area contributed by atoms with Crippen molar-refractivity contribution in [3.8, 4) is 0 Å². The molecular formula is C13H16N2O2S. The number of rotatable bonds is 4. The van der Waals surface area contributed by atoms with Crippen LogP contribution in [0.1, 0.15) is 24.5 Å². The summed E-state index contributed by atoms with van der Waals surface area (Å²) in [4.78, 5) is 0.269. The molecular weight excluding hydrogens is 248 g/mol. The highest BCUT2D eigenvalue weighted by molar-refractivity contribution is 7.89. The van der Waals surface area contributed by atoms with Crippen LogP contribution in [0, 0.1) is 6.92 Å². The predicted molar refractivity (Wildman–Crippen MR) is 70.0 cm³/mol. The maximum absolute atomic E-state index is 12.2. The van der Waals surface area contributed by atoms with Gasteiger partial charge in [0.1, 0.15) is 0 Å². The molecule has 96 valence electrons. The van der Waals surface area contributed by atoms with E-state index in [9.17, 15) is 8.42 Å². The van der Waals surface area contributed by atoms with Gasteiger partial charge in [-0.2, -0.15) is 17.6 Å². The van der Waals surface area contributed by atoms with Gasteiger partial charge in [0.2, 0.25) is 0 Å². The summed E-state index contributed by atoms with van der Waals surface area (Å²) in [7, 11) is -3.54. The van der Waals surface area contributed by atoms with E-state index in [-0.39, 0.29) is 4.90 Å². The summed E-state index contributed by atoms with van der Waals surface area (Å²) >= 11 is 0. The standard InChI is InChI=1S/C13H16N2O2S/c1-3-4-12-5-7-13(8-6-12)18(16,17)15-10-11(2)9-14-15/h5-10H,3-4H2,1-2H3. The highest BCUT2D eigenvalue weighted by Crippen LogP contribution is 2.15. The lowest BCUT2D eigenvalue weighted by Crippen LogP contribution is -2.13. The first-order valence-corrected chi connectivity index (χ1v) is 7.34. The highest BCUT2D eigenvalue weighted by Gasteiger charge is 2.17. The number of hydrogen-bond acceptors (Lipinski definition) is 3. The van der Waals surface area contributed by atoms with E-state index in [0.717, 1.165) is 28.1 Å². The first-order valence-electron chi connectivity index (χ1n) is 5.90. The summed E-state index contributed by atoms with van der Waals surface area (Å²) < 4.78 is 25.4. The molecule has 0 radical (unpaired) electrons. The fourth-order valence-corrected chi connectivity index (χ4v) is 2.92. The van der Waals surface area contributed by atoms with Crippen LogP contribution in [0.5, 0.6) is 0 Å². The average Bonchev–Trinajstić information content (AvgIpc) is 2.78. The molecule has 1 heterocycles. The molecule has 0 amide bonds. The molecule has 5 heteroatoms. The van der Waals surface area contributed by atoms with Gasteiger partial charge in [-0.15, -0.1) is 0 Å². The second-order valence-corrected chi connectivity index (χ2v) is 6.08. The van der Waals surface area contributed by atoms with Crippen LogP contribution in [0.25, 0.3) is 0 Å². The van der Waals surface area contributed by atoms with E-state index in [1.165, 1.54) is 12.4 Å². The molecule has 0 fully saturated rings. The third kappa shape index (κ3) is 2.46. The largest absolute Gasteiger partial charge is 0.282 e. The molecule has 4 nitrogen and oxygen atoms in total. The Hall–Kier alpha value is -1.62. The summed E-state index contributed by atoms with van der Waals surface area (Å²) in [5.41, 5.74) is 1.97. The summed E-state index contributed by atoms with van der Waals surface area (Å²) in [6.45, 7) is 3.90. The molecule has 0 aliphatic carbocycles. The molecule has 0 atom stereocenters. The fraction of sp³-hybridized carbons (Fsp3) is 0.308. The van der Waals surface area contributed by atoms with Crippen LogP contribution in [-0.2, 0) is 16.4 Å². The Bertz CT molecular complexity index is 627. The first kappa shape index (κ1) is 12.8. The van der Waals surface area contributed by atoms with Crippen molar-refractivity contribution in [2.24, 2.45) is 0 Å². The van der Waals surface area contributed by atoms with E-state index in [2.05, 4.69) is 12.0 Å². The van der Waals surface area contributed by atoms with E-state index in [1.807, 2.05) is 19.1 Å². The van der Waals surface area contributed by atoms with E-state index in [1.54, 1.807) is 12.1 Å². The van der Waals surface area contributed by atoms with Crippen LogP contribution in [0.15, 0.2) is 41.6 Å². The molecule has 0 aliphatic rings. The van der Waals surface area contributed by atoms with Gasteiger partial charge in [0, 0.05) is 6.20 Å². The van der Waals surface area contributed by atoms with Gasteiger partial charge in [-0.05, 0) is 36.6 Å². The molecule has 0 aliphatic heterocycles. The molecule has 0 saturated carbocycles. The van der Waals surface area contributed by atoms with Gasteiger partial charge in [0.25, 0.3) is 10.0 Å². The van der Waals surface area contributed by atoms with Crippen molar-refractivity contribution in [2.75, 3.05) is 0 Å². The number of benzene rings is 1. The van der Waals surface area contributed by atoms with E-state index < -0.39 is 10.0 Å². The van der Waals surface area contributed by atoms with Gasteiger partial charge in [0.15, 0.2) is 0 Å². The Morgan fingerprint density at radius 1 is 1.22 bits per heavy atom. The summed E-state index contributed by atoms with van der Waals surface area (Å²) in [6.07, 6.45) is 5.05. The van der Waals surface area contributed by atoms with Gasteiger partial charge >= 0.3 is 0 Å². The lowest BCUT2D eigenvalue weighted by Gasteiger charge is -2.05. The van der Waals surface area contributed by atoms with Gasteiger partial charge in [-0.1, -0.05) is 25.5 Å². The molecule has 0 saturated heterocycles. The maximum Gasteiger partial charge on any atom is 0.282 e. The molecule has 1 aromatic carbocycles. The zero-order chi connectivity index (χ0) is 13.2. The Balaban J connectivity index is 2.36. The summed E-state index contributed by atoms with van der Waals surface area (Å²) in [5.74, 6) is 0. The Morgan fingerprint density at radius 2 is 1.89 bits per heavy atom. The van der Waals surface area contributed by atoms with Crippen LogP contribution >= 0.6 is 0 Å². The van der Waals surface area contributed by atoms with Gasteiger partial charge < -0.3 is 0 Å². The highest BCUT2D eigenvalue weighted by atomic mass is 32.2. The predicted octanol–water partition coefficient (Wildman–Crippen LogP) is 2.38. The minimum absolute atomic E-state index is 0.269. The Labute approximate surface area is 107 Å². The summed E-state index contributed by atoms with van der Waals surface area (Å²) in [5, 5.41) is 3.85. The quantitative estimate of drug-likeness (QED) is 0.852. The van der Waals surface area contributed by atoms with Crippen molar-refractivity contribution in [1.82, 2.24) is 9.19 Å². The lowest BCUT2D eigenvalue weighted by atomic mass is 10.1. The second kappa shape index (κ2) is 4.94. The molecule has 0 spiro atoms. The maximum atomic E-state index is 12.2. The average molecular weight is 264 g/mol. The van der Waals surface area contributed by atoms with Gasteiger partial charge in [0.05, 0.1) is 11.1 Å². The second-order valence-electron chi connectivity index (χ2n) is 4.29. The van der Waals surface area contributed by atoms with Gasteiger partial charge in [-0.25, -0.2) is 0 Å². The van der Waals surface area contributed by atoms with Crippen molar-refractivity contribution in [3.05, 3.63) is 47.8 Å². The van der Waals surface area contributed by atoms with Gasteiger partial charge in [-0.3, -0.25) is 0 Å². The van der Waals surface area contributed by atoms with Crippen molar-refractivity contribution >= 4 is 10.0 Å². The van der Waals surface area contributed by atoms with E-state index in [0.29, 0.717) is 0 Å². The smallest absolute Gasteiger partial charge is 0.199 e. The zero-order valence-electron chi connectivity index (χ0n) is 10.5. The lowest BCUT2D eigenvalue weighted by molar-refractivity contribution is 0.580. The zero-order valence-corrected chi connectivity index (χ0v) is 11.3. The van der Waals surface area contributed by atoms with E-state index in [4.69, 9.17) is 0 Å². The Morgan fingerprint density at radius 3 is 2.39 bits per heavy atom. The van der Waals surface area contributed by atoms with Crippen LogP contribution in [-0.4, -0.2) is 17.6 Å². The molecule has 0 unspecified atom stereocenters.